The van der Waals surface area contributed by atoms with Gasteiger partial charge in [0.05, 0.1) is 25.4 Å². The average Bonchev–Trinajstić information content (AvgIpc) is 3.79. The molecule has 0 aliphatic rings. The molecule has 1 aromatic heterocycles. The number of hydrogen-bond donors (Lipinski definition) is 18. The van der Waals surface area contributed by atoms with Gasteiger partial charge >= 0.3 is 5.97 Å². The van der Waals surface area contributed by atoms with Crippen molar-refractivity contribution in [3.63, 3.8) is 0 Å². The number of aromatic amines is 1. The first-order valence-electron chi connectivity index (χ1n) is 24.7. The molecule has 4 aromatic rings. The number of guanidine groups is 1. The number of nitrogens with two attached hydrogens (primary N) is 2. The third-order valence-corrected chi connectivity index (χ3v) is 12.1. The maximum atomic E-state index is 14.7. The van der Waals surface area contributed by atoms with E-state index >= 15 is 0 Å². The number of carbonyl (C=O) groups is 8. The summed E-state index contributed by atoms with van der Waals surface area (Å²) in [4.78, 5) is 112. The standard InChI is InChI=1S/C51H70N12O14/c1-26(2)19-36(44(70)62-41(25-65)49(75)63-42(27(3)66)50(76)77)58-47(73)39(22-30-23-56-35-9-5-4-7-33(30)35)60-45(71)38(21-29-12-16-32(68)17-13-29)59-48(74)40(24-64)61-46(72)37(20-28-10-14-31(67)15-11-28)57-43(69)34(52)8-6-18-55-51(53)54/h4-5,7,9-17,23,26-27,34,36-42,56,64-68H,6,8,18-22,24-25,52H2,1-3H3,(H,57,69)(H,58,73)(H,59,74)(H,60,71)(H,61,72)(H,62,70)(H,63,75)(H,76,77)(H4,53,54,55)/t27-,34+,36+,37+,38+,39+,40+,41+,42+/m1/s1. The second kappa shape index (κ2) is 29.7. The van der Waals surface area contributed by atoms with Gasteiger partial charge in [0.2, 0.25) is 41.4 Å². The molecule has 0 bridgehead atoms. The van der Waals surface area contributed by atoms with Crippen LogP contribution < -0.4 is 54.0 Å². The van der Waals surface area contributed by atoms with Crippen molar-refractivity contribution >= 4 is 64.2 Å². The molecule has 0 fully saturated rings. The fourth-order valence-corrected chi connectivity index (χ4v) is 7.93. The first kappa shape index (κ1) is 61.2. The van der Waals surface area contributed by atoms with Crippen molar-refractivity contribution in [1.82, 2.24) is 47.5 Å². The van der Waals surface area contributed by atoms with E-state index in [4.69, 9.17) is 16.9 Å². The van der Waals surface area contributed by atoms with Crippen LogP contribution in [0, 0.1) is 11.3 Å². The fraction of sp³-hybridized carbons (Fsp3) is 0.431. The van der Waals surface area contributed by atoms with Gasteiger partial charge in [-0.05, 0) is 79.1 Å². The van der Waals surface area contributed by atoms with Crippen LogP contribution in [-0.2, 0) is 57.6 Å². The molecule has 0 saturated heterocycles. The van der Waals surface area contributed by atoms with Crippen LogP contribution in [-0.4, -0.2) is 163 Å². The summed E-state index contributed by atoms with van der Waals surface area (Å²) in [5, 5.41) is 87.6. The minimum Gasteiger partial charge on any atom is -0.508 e. The van der Waals surface area contributed by atoms with Crippen molar-refractivity contribution < 1.29 is 69.0 Å². The Morgan fingerprint density at radius 1 is 0.597 bits per heavy atom. The van der Waals surface area contributed by atoms with Gasteiger partial charge in [0.25, 0.3) is 0 Å². The number of H-pyrrole nitrogens is 1. The number of aromatic hydroxyl groups is 2. The van der Waals surface area contributed by atoms with Crippen LogP contribution in [0.25, 0.3) is 10.9 Å². The van der Waals surface area contributed by atoms with E-state index in [-0.39, 0.29) is 62.0 Å². The molecule has 0 aliphatic carbocycles. The summed E-state index contributed by atoms with van der Waals surface area (Å²) >= 11 is 0. The van der Waals surface area contributed by atoms with E-state index in [1.54, 1.807) is 44.3 Å². The van der Waals surface area contributed by atoms with Crippen LogP contribution in [0.1, 0.15) is 56.7 Å². The van der Waals surface area contributed by atoms with E-state index in [0.717, 1.165) is 6.92 Å². The van der Waals surface area contributed by atoms with Crippen molar-refractivity contribution in [2.24, 2.45) is 17.4 Å². The van der Waals surface area contributed by atoms with Gasteiger partial charge in [-0.3, -0.25) is 39.0 Å². The minimum absolute atomic E-state index is 0.0451. The van der Waals surface area contributed by atoms with Crippen molar-refractivity contribution in [1.29, 1.82) is 5.41 Å². The van der Waals surface area contributed by atoms with E-state index < -0.39 is 115 Å². The maximum absolute atomic E-state index is 14.7. The number of phenols is 2. The molecule has 0 radical (unpaired) electrons. The molecule has 9 atom stereocenters. The van der Waals surface area contributed by atoms with Gasteiger partial charge in [-0.25, -0.2) is 4.79 Å². The highest BCUT2D eigenvalue weighted by Gasteiger charge is 2.36. The van der Waals surface area contributed by atoms with E-state index in [1.165, 1.54) is 48.5 Å². The summed E-state index contributed by atoms with van der Waals surface area (Å²) in [5.74, 6) is -9.11. The fourth-order valence-electron chi connectivity index (χ4n) is 7.93. The molecule has 4 rings (SSSR count). The third kappa shape index (κ3) is 19.4. The molecule has 418 valence electrons. The lowest BCUT2D eigenvalue weighted by Crippen LogP contribution is -2.61. The quantitative estimate of drug-likeness (QED) is 0.0141. The second-order valence-electron chi connectivity index (χ2n) is 18.8. The Hall–Kier alpha value is -8.33. The lowest BCUT2D eigenvalue weighted by Gasteiger charge is -2.28. The number of aromatic nitrogens is 1. The van der Waals surface area contributed by atoms with Crippen LogP contribution in [0.2, 0.25) is 0 Å². The number of carboxylic acid groups (broad SMARTS) is 1. The molecule has 1 heterocycles. The highest BCUT2D eigenvalue weighted by Crippen LogP contribution is 2.20. The summed E-state index contributed by atoms with van der Waals surface area (Å²) in [5.41, 5.74) is 13.5. The minimum atomic E-state index is -1.79. The van der Waals surface area contributed by atoms with E-state index in [2.05, 4.69) is 47.5 Å². The average molecular weight is 1080 g/mol. The first-order valence-corrected chi connectivity index (χ1v) is 24.7. The van der Waals surface area contributed by atoms with Crippen LogP contribution in [0.5, 0.6) is 11.5 Å². The summed E-state index contributed by atoms with van der Waals surface area (Å²) in [7, 11) is 0. The Kier molecular flexibility index (Phi) is 23.6. The van der Waals surface area contributed by atoms with Gasteiger partial charge < -0.3 is 89.6 Å². The summed E-state index contributed by atoms with van der Waals surface area (Å²) in [6.45, 7) is 2.80. The number of amides is 7. The van der Waals surface area contributed by atoms with Gasteiger partial charge in [0, 0.05) is 42.9 Å². The number of phenolic OH excluding ortho intramolecular Hbond substituents is 2. The lowest BCUT2D eigenvalue weighted by molar-refractivity contribution is -0.145. The van der Waals surface area contributed by atoms with Crippen LogP contribution in [0.15, 0.2) is 79.0 Å². The molecule has 26 heteroatoms. The number of fused-ring (bicyclic) bond motifs is 1. The number of benzene rings is 3. The summed E-state index contributed by atoms with van der Waals surface area (Å²) in [6, 6.07) is 6.06. The zero-order valence-corrected chi connectivity index (χ0v) is 42.7. The number of carboxylic acids is 1. The number of aliphatic hydroxyl groups is 3. The topological polar surface area (TPSA) is 446 Å². The molecule has 77 heavy (non-hydrogen) atoms. The molecule has 0 unspecified atom stereocenters. The first-order chi connectivity index (χ1) is 36.5. The highest BCUT2D eigenvalue weighted by molar-refractivity contribution is 5.98. The number of nitrogens with one attached hydrogen (secondary N) is 10. The molecule has 0 saturated carbocycles. The van der Waals surface area contributed by atoms with Crippen molar-refractivity contribution in [2.75, 3.05) is 19.8 Å². The Labute approximate surface area is 443 Å². The predicted octanol–water partition coefficient (Wildman–Crippen LogP) is -2.91. The van der Waals surface area contributed by atoms with Gasteiger partial charge in [0.1, 0.15) is 47.8 Å². The lowest BCUT2D eigenvalue weighted by atomic mass is 9.99. The normalized spacial score (nSPS) is 14.7. The maximum Gasteiger partial charge on any atom is 0.328 e. The molecule has 3 aromatic carbocycles. The molecule has 0 aliphatic heterocycles. The molecule has 20 N–H and O–H groups in total. The number of aliphatic carboxylic acids is 1. The largest absolute Gasteiger partial charge is 0.508 e. The Bertz CT molecular complexity index is 2670. The predicted molar refractivity (Wildman–Crippen MR) is 279 cm³/mol. The summed E-state index contributed by atoms with van der Waals surface area (Å²) < 4.78 is 0. The van der Waals surface area contributed by atoms with Crippen LogP contribution in [0.4, 0.5) is 0 Å². The van der Waals surface area contributed by atoms with E-state index in [9.17, 15) is 69.0 Å². The SMILES string of the molecule is CC(C)C[C@H](NC(=O)[C@H](Cc1c[nH]c2ccccc12)NC(=O)[C@H](Cc1ccc(O)cc1)NC(=O)[C@H](CO)NC(=O)[C@H](Cc1ccc(O)cc1)NC(=O)[C@@H](N)CCCNC(=N)N)C(=O)N[C@@H](CO)C(=O)N[C@H](C(=O)O)[C@@H](C)O. The number of carbonyl (C=O) groups excluding carboxylic acids is 7. The number of rotatable bonds is 30. The zero-order valence-electron chi connectivity index (χ0n) is 42.7. The molecular formula is C51H70N12O14. The van der Waals surface area contributed by atoms with Crippen molar-refractivity contribution in [3.8, 4) is 11.5 Å². The van der Waals surface area contributed by atoms with Crippen molar-refractivity contribution in [3.05, 3.63) is 95.7 Å². The molecule has 7 amide bonds. The zero-order chi connectivity index (χ0) is 56.9. The Morgan fingerprint density at radius 2 is 1.03 bits per heavy atom. The third-order valence-electron chi connectivity index (χ3n) is 12.1. The van der Waals surface area contributed by atoms with Gasteiger partial charge in [-0.2, -0.15) is 0 Å². The van der Waals surface area contributed by atoms with Crippen LogP contribution >= 0.6 is 0 Å². The highest BCUT2D eigenvalue weighted by atomic mass is 16.4. The molecular weight excluding hydrogens is 1000 g/mol. The number of hydrogen-bond acceptors (Lipinski definition) is 15. The summed E-state index contributed by atoms with van der Waals surface area (Å²) in [6.07, 6.45) is -0.199. The van der Waals surface area contributed by atoms with Gasteiger partial charge in [-0.15, -0.1) is 0 Å². The number of para-hydroxylation sites is 1. The smallest absolute Gasteiger partial charge is 0.328 e. The van der Waals surface area contributed by atoms with E-state index in [0.29, 0.717) is 34.0 Å². The molecule has 0 spiro atoms. The van der Waals surface area contributed by atoms with Crippen LogP contribution in [0.3, 0.4) is 0 Å². The van der Waals surface area contributed by atoms with E-state index in [1.807, 2.05) is 0 Å². The second-order valence-corrected chi connectivity index (χ2v) is 18.8. The Morgan fingerprint density at radius 3 is 1.49 bits per heavy atom. The Balaban J connectivity index is 1.64. The monoisotopic (exact) mass is 1070 g/mol. The van der Waals surface area contributed by atoms with Gasteiger partial charge in [-0.1, -0.05) is 56.3 Å². The molecule has 26 nitrogen and oxygen atoms in total. The van der Waals surface area contributed by atoms with Gasteiger partial charge in [0.15, 0.2) is 12.0 Å². The number of aliphatic hydroxyl groups excluding tert-OH is 3. The van der Waals surface area contributed by atoms with Crippen molar-refractivity contribution in [2.45, 2.75) is 114 Å².